The molecule has 1 unspecified atom stereocenters. The van der Waals surface area contributed by atoms with Gasteiger partial charge in [0.2, 0.25) is 11.8 Å². The predicted molar refractivity (Wildman–Crippen MR) is 71.8 cm³/mol. The van der Waals surface area contributed by atoms with E-state index in [0.717, 1.165) is 11.4 Å². The zero-order valence-electron chi connectivity index (χ0n) is 11.1. The first-order chi connectivity index (χ1) is 9.04. The summed E-state index contributed by atoms with van der Waals surface area (Å²) in [6, 6.07) is 7.34. The van der Waals surface area contributed by atoms with Crippen molar-refractivity contribution in [2.75, 3.05) is 10.6 Å². The molecule has 1 aromatic carbocycles. The Kier molecular flexibility index (Phi) is 3.79. The summed E-state index contributed by atoms with van der Waals surface area (Å²) in [6.07, 6.45) is 0. The Balaban J connectivity index is 2.01. The van der Waals surface area contributed by atoms with Gasteiger partial charge in [0.1, 0.15) is 6.04 Å². The summed E-state index contributed by atoms with van der Waals surface area (Å²) in [7, 11) is 0. The van der Waals surface area contributed by atoms with Gasteiger partial charge in [-0.05, 0) is 38.1 Å². The highest BCUT2D eigenvalue weighted by molar-refractivity contribution is 5.88. The Morgan fingerprint density at radius 2 is 1.89 bits per heavy atom. The highest BCUT2D eigenvalue weighted by Gasteiger charge is 2.12. The lowest BCUT2D eigenvalue weighted by molar-refractivity contribution is -0.114. The van der Waals surface area contributed by atoms with E-state index in [1.165, 1.54) is 6.92 Å². The highest BCUT2D eigenvalue weighted by Crippen LogP contribution is 2.19. The fraction of sp³-hybridized carbons (Fsp3) is 0.308. The number of anilines is 2. The van der Waals surface area contributed by atoms with Crippen LogP contribution in [0.25, 0.3) is 0 Å². The third kappa shape index (κ3) is 3.54. The van der Waals surface area contributed by atoms with Crippen LogP contribution in [0.15, 0.2) is 28.8 Å². The SMILES string of the molecule is CC(=O)Nc1ccc(NC(C)c2nc(C)no2)cc1. The van der Waals surface area contributed by atoms with E-state index in [0.29, 0.717) is 11.7 Å². The third-order valence-corrected chi connectivity index (χ3v) is 2.50. The Bertz CT molecular complexity index is 562. The normalized spacial score (nSPS) is 11.9. The number of aromatic nitrogens is 2. The van der Waals surface area contributed by atoms with E-state index in [4.69, 9.17) is 4.52 Å². The molecule has 6 nitrogen and oxygen atoms in total. The first kappa shape index (κ1) is 13.1. The molecule has 19 heavy (non-hydrogen) atoms. The number of hydrogen-bond donors (Lipinski definition) is 2. The van der Waals surface area contributed by atoms with E-state index >= 15 is 0 Å². The Morgan fingerprint density at radius 3 is 2.42 bits per heavy atom. The van der Waals surface area contributed by atoms with Crippen LogP contribution in [0.4, 0.5) is 11.4 Å². The zero-order valence-corrected chi connectivity index (χ0v) is 11.1. The van der Waals surface area contributed by atoms with E-state index in [1.54, 1.807) is 6.92 Å². The number of nitrogens with one attached hydrogen (secondary N) is 2. The number of carbonyl (C=O) groups is 1. The maximum Gasteiger partial charge on any atom is 0.248 e. The van der Waals surface area contributed by atoms with E-state index in [9.17, 15) is 4.79 Å². The Morgan fingerprint density at radius 1 is 1.26 bits per heavy atom. The molecule has 100 valence electrons. The summed E-state index contributed by atoms with van der Waals surface area (Å²) in [6.45, 7) is 5.20. The van der Waals surface area contributed by atoms with Crippen molar-refractivity contribution in [2.24, 2.45) is 0 Å². The predicted octanol–water partition coefficient (Wildman–Crippen LogP) is 2.51. The van der Waals surface area contributed by atoms with Crippen LogP contribution in [-0.4, -0.2) is 16.0 Å². The van der Waals surface area contributed by atoms with Crippen molar-refractivity contribution in [1.82, 2.24) is 10.1 Å². The molecule has 0 spiro atoms. The van der Waals surface area contributed by atoms with Gasteiger partial charge >= 0.3 is 0 Å². The standard InChI is InChI=1S/C13H16N4O2/c1-8(13-15-9(2)17-19-13)14-11-4-6-12(7-5-11)16-10(3)18/h4-8,14H,1-3H3,(H,16,18). The fourth-order valence-electron chi connectivity index (χ4n) is 1.65. The van der Waals surface area contributed by atoms with Crippen molar-refractivity contribution in [3.05, 3.63) is 36.0 Å². The lowest BCUT2D eigenvalue weighted by atomic mass is 10.2. The molecule has 0 bridgehead atoms. The second-order valence-corrected chi connectivity index (χ2v) is 4.30. The van der Waals surface area contributed by atoms with Crippen LogP contribution in [0.5, 0.6) is 0 Å². The van der Waals surface area contributed by atoms with Gasteiger partial charge in [0.15, 0.2) is 5.82 Å². The lowest BCUT2D eigenvalue weighted by Crippen LogP contribution is -2.08. The molecule has 1 atom stereocenters. The van der Waals surface area contributed by atoms with E-state index in [2.05, 4.69) is 20.8 Å². The monoisotopic (exact) mass is 260 g/mol. The summed E-state index contributed by atoms with van der Waals surface area (Å²) in [5.74, 6) is 1.07. The first-order valence-corrected chi connectivity index (χ1v) is 5.99. The van der Waals surface area contributed by atoms with Gasteiger partial charge in [0, 0.05) is 18.3 Å². The van der Waals surface area contributed by atoms with Gasteiger partial charge in [-0.1, -0.05) is 5.16 Å². The number of aryl methyl sites for hydroxylation is 1. The van der Waals surface area contributed by atoms with Gasteiger partial charge in [-0.2, -0.15) is 4.98 Å². The van der Waals surface area contributed by atoms with Crippen molar-refractivity contribution in [1.29, 1.82) is 0 Å². The second kappa shape index (κ2) is 5.51. The molecule has 0 radical (unpaired) electrons. The molecule has 0 saturated heterocycles. The minimum absolute atomic E-state index is 0.0761. The van der Waals surface area contributed by atoms with E-state index in [1.807, 2.05) is 31.2 Å². The van der Waals surface area contributed by atoms with Crippen LogP contribution in [-0.2, 0) is 4.79 Å². The van der Waals surface area contributed by atoms with Crippen LogP contribution in [0.2, 0.25) is 0 Å². The van der Waals surface area contributed by atoms with E-state index < -0.39 is 0 Å². The highest BCUT2D eigenvalue weighted by atomic mass is 16.5. The number of benzene rings is 1. The number of carbonyl (C=O) groups excluding carboxylic acids is 1. The van der Waals surface area contributed by atoms with Crippen molar-refractivity contribution in [3.8, 4) is 0 Å². The second-order valence-electron chi connectivity index (χ2n) is 4.30. The average Bonchev–Trinajstić information content (AvgIpc) is 2.78. The molecule has 2 aromatic rings. The van der Waals surface area contributed by atoms with Crippen molar-refractivity contribution >= 4 is 17.3 Å². The van der Waals surface area contributed by atoms with Crippen molar-refractivity contribution in [3.63, 3.8) is 0 Å². The molecule has 2 rings (SSSR count). The molecule has 1 amide bonds. The largest absolute Gasteiger partial charge is 0.374 e. The number of nitrogens with zero attached hydrogens (tertiary/aromatic N) is 2. The van der Waals surface area contributed by atoms with Gasteiger partial charge in [-0.15, -0.1) is 0 Å². The summed E-state index contributed by atoms with van der Waals surface area (Å²) in [4.78, 5) is 15.1. The molecule has 0 aliphatic rings. The molecule has 6 heteroatoms. The van der Waals surface area contributed by atoms with E-state index in [-0.39, 0.29) is 11.9 Å². The summed E-state index contributed by atoms with van der Waals surface area (Å²) >= 11 is 0. The molecule has 0 aliphatic carbocycles. The summed E-state index contributed by atoms with van der Waals surface area (Å²) in [5.41, 5.74) is 1.68. The number of rotatable bonds is 4. The molecule has 2 N–H and O–H groups in total. The number of amides is 1. The van der Waals surface area contributed by atoms with Crippen LogP contribution in [0.1, 0.15) is 31.6 Å². The topological polar surface area (TPSA) is 80.0 Å². The summed E-state index contributed by atoms with van der Waals surface area (Å²) in [5, 5.41) is 9.71. The first-order valence-electron chi connectivity index (χ1n) is 5.99. The van der Waals surface area contributed by atoms with Crippen molar-refractivity contribution in [2.45, 2.75) is 26.8 Å². The van der Waals surface area contributed by atoms with Gasteiger partial charge in [-0.3, -0.25) is 4.79 Å². The molecular weight excluding hydrogens is 244 g/mol. The van der Waals surface area contributed by atoms with Crippen molar-refractivity contribution < 1.29 is 9.32 Å². The maximum atomic E-state index is 10.9. The summed E-state index contributed by atoms with van der Waals surface area (Å²) < 4.78 is 5.09. The average molecular weight is 260 g/mol. The fourth-order valence-corrected chi connectivity index (χ4v) is 1.65. The molecule has 0 saturated carbocycles. The molecule has 0 fully saturated rings. The smallest absolute Gasteiger partial charge is 0.248 e. The Labute approximate surface area is 111 Å². The van der Waals surface area contributed by atoms with Gasteiger partial charge in [0.05, 0.1) is 0 Å². The van der Waals surface area contributed by atoms with Crippen LogP contribution in [0, 0.1) is 6.92 Å². The van der Waals surface area contributed by atoms with Gasteiger partial charge in [-0.25, -0.2) is 0 Å². The maximum absolute atomic E-state index is 10.9. The number of hydrogen-bond acceptors (Lipinski definition) is 5. The molecular formula is C13H16N4O2. The van der Waals surface area contributed by atoms with Crippen LogP contribution in [0.3, 0.4) is 0 Å². The lowest BCUT2D eigenvalue weighted by Gasteiger charge is -2.11. The third-order valence-electron chi connectivity index (χ3n) is 2.50. The zero-order chi connectivity index (χ0) is 13.8. The van der Waals surface area contributed by atoms with Crippen LogP contribution >= 0.6 is 0 Å². The van der Waals surface area contributed by atoms with Crippen LogP contribution < -0.4 is 10.6 Å². The molecule has 1 aromatic heterocycles. The minimum atomic E-state index is -0.0876. The van der Waals surface area contributed by atoms with Gasteiger partial charge < -0.3 is 15.2 Å². The van der Waals surface area contributed by atoms with Gasteiger partial charge in [0.25, 0.3) is 0 Å². The minimum Gasteiger partial charge on any atom is -0.374 e. The molecule has 0 aliphatic heterocycles. The Hall–Kier alpha value is -2.37. The molecule has 1 heterocycles. The quantitative estimate of drug-likeness (QED) is 0.882.